The SMILES string of the molecule is O=C(c1cnc(NC[C@@H]2CCCN2S(=O)(=O)c2cccc3ccccc23)s1)c1ccccc1C(F)(F)F. The van der Waals surface area contributed by atoms with Gasteiger partial charge in [0.25, 0.3) is 0 Å². The molecule has 0 radical (unpaired) electrons. The van der Waals surface area contributed by atoms with Crippen LogP contribution in [0.4, 0.5) is 18.3 Å². The summed E-state index contributed by atoms with van der Waals surface area (Å²) >= 11 is 0.938. The van der Waals surface area contributed by atoms with Crippen molar-refractivity contribution in [3.63, 3.8) is 0 Å². The number of benzene rings is 3. The predicted octanol–water partition coefficient (Wildman–Crippen LogP) is 5.81. The van der Waals surface area contributed by atoms with Crippen LogP contribution >= 0.6 is 11.3 Å². The zero-order valence-corrected chi connectivity index (χ0v) is 21.0. The van der Waals surface area contributed by atoms with Crippen molar-refractivity contribution in [2.75, 3.05) is 18.4 Å². The van der Waals surface area contributed by atoms with Gasteiger partial charge in [-0.1, -0.05) is 65.9 Å². The number of thiazole rings is 1. The summed E-state index contributed by atoms with van der Waals surface area (Å²) in [5.74, 6) is -0.764. The van der Waals surface area contributed by atoms with E-state index < -0.39 is 33.1 Å². The Bertz CT molecular complexity index is 1560. The van der Waals surface area contributed by atoms with Gasteiger partial charge in [-0.15, -0.1) is 0 Å². The minimum absolute atomic E-state index is 0.0610. The van der Waals surface area contributed by atoms with Gasteiger partial charge in [0.05, 0.1) is 21.5 Å². The number of hydrogen-bond acceptors (Lipinski definition) is 6. The molecule has 0 spiro atoms. The first-order valence-electron chi connectivity index (χ1n) is 11.6. The summed E-state index contributed by atoms with van der Waals surface area (Å²) in [6.45, 7) is 0.637. The number of rotatable bonds is 7. The molecule has 37 heavy (non-hydrogen) atoms. The Kier molecular flexibility index (Phi) is 6.78. The van der Waals surface area contributed by atoms with E-state index in [1.165, 1.54) is 22.6 Å². The van der Waals surface area contributed by atoms with Gasteiger partial charge in [-0.25, -0.2) is 13.4 Å². The van der Waals surface area contributed by atoms with Gasteiger partial charge in [-0.3, -0.25) is 4.79 Å². The molecule has 1 N–H and O–H groups in total. The molecule has 0 unspecified atom stereocenters. The number of nitrogens with zero attached hydrogens (tertiary/aromatic N) is 2. The largest absolute Gasteiger partial charge is 0.417 e. The highest BCUT2D eigenvalue weighted by molar-refractivity contribution is 7.89. The van der Waals surface area contributed by atoms with Crippen molar-refractivity contribution < 1.29 is 26.4 Å². The summed E-state index contributed by atoms with van der Waals surface area (Å²) in [6.07, 6.45) is -2.07. The highest BCUT2D eigenvalue weighted by atomic mass is 32.2. The molecule has 5 rings (SSSR count). The van der Waals surface area contributed by atoms with E-state index >= 15 is 0 Å². The normalized spacial score (nSPS) is 16.8. The summed E-state index contributed by atoms with van der Waals surface area (Å²) < 4.78 is 68.7. The number of aromatic nitrogens is 1. The highest BCUT2D eigenvalue weighted by Crippen LogP contribution is 2.34. The molecule has 1 aliphatic rings. The minimum Gasteiger partial charge on any atom is -0.360 e. The lowest BCUT2D eigenvalue weighted by atomic mass is 10.0. The van der Waals surface area contributed by atoms with Crippen molar-refractivity contribution in [2.45, 2.75) is 30.0 Å². The molecule has 0 aliphatic carbocycles. The summed E-state index contributed by atoms with van der Waals surface area (Å²) in [4.78, 5) is 17.2. The second kappa shape index (κ2) is 9.88. The van der Waals surface area contributed by atoms with Gasteiger partial charge in [0, 0.05) is 30.1 Å². The van der Waals surface area contributed by atoms with Crippen molar-refractivity contribution in [1.29, 1.82) is 0 Å². The first-order chi connectivity index (χ1) is 17.7. The number of sulfonamides is 1. The molecule has 1 aliphatic heterocycles. The summed E-state index contributed by atoms with van der Waals surface area (Å²) in [5, 5.41) is 4.91. The third-order valence-corrected chi connectivity index (χ3v) is 9.32. The molecular weight excluding hydrogens is 523 g/mol. The van der Waals surface area contributed by atoms with E-state index in [0.717, 1.165) is 28.9 Å². The Hall–Kier alpha value is -3.28. The van der Waals surface area contributed by atoms with Gasteiger partial charge >= 0.3 is 6.18 Å². The Balaban J connectivity index is 1.32. The average Bonchev–Trinajstić information content (AvgIpc) is 3.56. The van der Waals surface area contributed by atoms with Crippen LogP contribution in [0.1, 0.15) is 33.6 Å². The van der Waals surface area contributed by atoms with Gasteiger partial charge < -0.3 is 5.32 Å². The molecule has 1 atom stereocenters. The lowest BCUT2D eigenvalue weighted by Crippen LogP contribution is -2.39. The van der Waals surface area contributed by atoms with E-state index in [4.69, 9.17) is 0 Å². The van der Waals surface area contributed by atoms with Gasteiger partial charge in [0.15, 0.2) is 5.13 Å². The molecule has 0 amide bonds. The molecule has 3 aromatic carbocycles. The zero-order chi connectivity index (χ0) is 26.2. The number of fused-ring (bicyclic) bond motifs is 1. The number of hydrogen-bond donors (Lipinski definition) is 1. The van der Waals surface area contributed by atoms with Crippen LogP contribution in [0.25, 0.3) is 10.8 Å². The van der Waals surface area contributed by atoms with E-state index in [1.54, 1.807) is 24.3 Å². The molecule has 1 saturated heterocycles. The molecule has 2 heterocycles. The Morgan fingerprint density at radius 3 is 2.59 bits per heavy atom. The molecule has 1 fully saturated rings. The highest BCUT2D eigenvalue weighted by Gasteiger charge is 2.37. The molecule has 1 aromatic heterocycles. The number of ketones is 1. The summed E-state index contributed by atoms with van der Waals surface area (Å²) in [5.41, 5.74) is -1.43. The Labute approximate surface area is 215 Å². The quantitative estimate of drug-likeness (QED) is 0.297. The van der Waals surface area contributed by atoms with E-state index in [-0.39, 0.29) is 22.4 Å². The van der Waals surface area contributed by atoms with Crippen molar-refractivity contribution in [3.8, 4) is 0 Å². The maximum Gasteiger partial charge on any atom is 0.417 e. The predicted molar refractivity (Wildman–Crippen MR) is 136 cm³/mol. The fourth-order valence-corrected chi connectivity index (χ4v) is 7.29. The van der Waals surface area contributed by atoms with Crippen LogP contribution < -0.4 is 5.32 Å². The monoisotopic (exact) mass is 545 g/mol. The van der Waals surface area contributed by atoms with Crippen LogP contribution in [-0.2, 0) is 16.2 Å². The first kappa shape index (κ1) is 25.4. The summed E-state index contributed by atoms with van der Waals surface area (Å²) in [6, 6.07) is 16.8. The number of alkyl halides is 3. The lowest BCUT2D eigenvalue weighted by Gasteiger charge is -2.25. The number of halogens is 3. The topological polar surface area (TPSA) is 79.4 Å². The molecule has 0 saturated carbocycles. The average molecular weight is 546 g/mol. The maximum absolute atomic E-state index is 13.6. The molecule has 11 heteroatoms. The van der Waals surface area contributed by atoms with E-state index in [9.17, 15) is 26.4 Å². The zero-order valence-electron chi connectivity index (χ0n) is 19.4. The number of carbonyl (C=O) groups is 1. The molecule has 0 bridgehead atoms. The standard InChI is InChI=1S/C26H22F3N3O3S2/c27-26(28,29)21-12-4-3-11-20(21)24(33)22-16-31-25(36-22)30-15-18-9-6-14-32(18)37(34,35)23-13-5-8-17-7-1-2-10-19(17)23/h1-5,7-8,10-13,16,18H,6,9,14-15H2,(H,30,31)/t18-/m0/s1. The number of anilines is 1. The van der Waals surface area contributed by atoms with E-state index in [1.807, 2.05) is 18.2 Å². The van der Waals surface area contributed by atoms with Crippen molar-refractivity contribution in [3.05, 3.63) is 88.9 Å². The minimum atomic E-state index is -4.65. The Morgan fingerprint density at radius 2 is 1.78 bits per heavy atom. The molecule has 6 nitrogen and oxygen atoms in total. The van der Waals surface area contributed by atoms with Crippen molar-refractivity contribution in [1.82, 2.24) is 9.29 Å². The van der Waals surface area contributed by atoms with Crippen molar-refractivity contribution >= 4 is 43.0 Å². The second-order valence-corrected chi connectivity index (χ2v) is 11.6. The van der Waals surface area contributed by atoms with Gasteiger partial charge in [-0.05, 0) is 30.4 Å². The van der Waals surface area contributed by atoms with Crippen LogP contribution in [0.15, 0.2) is 77.8 Å². The van der Waals surface area contributed by atoms with Gasteiger partial charge in [0.2, 0.25) is 15.8 Å². The number of nitrogens with one attached hydrogen (secondary N) is 1. The van der Waals surface area contributed by atoms with Crippen LogP contribution in [0.3, 0.4) is 0 Å². The second-order valence-electron chi connectivity index (χ2n) is 8.67. The van der Waals surface area contributed by atoms with Crippen LogP contribution in [0.5, 0.6) is 0 Å². The maximum atomic E-state index is 13.6. The van der Waals surface area contributed by atoms with Crippen molar-refractivity contribution in [2.24, 2.45) is 0 Å². The molecule has 192 valence electrons. The van der Waals surface area contributed by atoms with Crippen LogP contribution in [-0.4, -0.2) is 42.6 Å². The van der Waals surface area contributed by atoms with Gasteiger partial charge in [0.1, 0.15) is 0 Å². The Morgan fingerprint density at radius 1 is 1.05 bits per heavy atom. The third kappa shape index (κ3) is 4.98. The van der Waals surface area contributed by atoms with E-state index in [2.05, 4.69) is 10.3 Å². The first-order valence-corrected chi connectivity index (χ1v) is 13.8. The fourth-order valence-electron chi connectivity index (χ4n) is 4.60. The molecular formula is C26H22F3N3O3S2. The number of carbonyl (C=O) groups excluding carboxylic acids is 1. The fraction of sp³-hybridized carbons (Fsp3) is 0.231. The van der Waals surface area contributed by atoms with E-state index in [0.29, 0.717) is 29.9 Å². The summed E-state index contributed by atoms with van der Waals surface area (Å²) in [7, 11) is -3.77. The van der Waals surface area contributed by atoms with Crippen LogP contribution in [0, 0.1) is 0 Å². The van der Waals surface area contributed by atoms with Gasteiger partial charge in [-0.2, -0.15) is 17.5 Å². The third-order valence-electron chi connectivity index (χ3n) is 6.35. The smallest absolute Gasteiger partial charge is 0.360 e. The van der Waals surface area contributed by atoms with Crippen LogP contribution in [0.2, 0.25) is 0 Å². The molecule has 4 aromatic rings. The lowest BCUT2D eigenvalue weighted by molar-refractivity contribution is -0.137.